The van der Waals surface area contributed by atoms with Crippen LogP contribution in [0.1, 0.15) is 34.8 Å². The number of hydrogen-bond acceptors (Lipinski definition) is 4. The van der Waals surface area contributed by atoms with Crippen molar-refractivity contribution in [3.05, 3.63) is 47.4 Å². The number of benzene rings is 1. The van der Waals surface area contributed by atoms with Gasteiger partial charge in [0.05, 0.1) is 11.1 Å². The number of nitrogens with zero attached hydrogens (tertiary/aromatic N) is 3. The van der Waals surface area contributed by atoms with E-state index in [4.69, 9.17) is 9.52 Å². The number of hydrogen-bond donors (Lipinski definition) is 1. The zero-order valence-electron chi connectivity index (χ0n) is 11.1. The molecule has 0 aliphatic heterocycles. The molecular weight excluding hydrogens is 258 g/mol. The van der Waals surface area contributed by atoms with Gasteiger partial charge in [-0.2, -0.15) is 0 Å². The van der Waals surface area contributed by atoms with E-state index in [1.54, 1.807) is 16.8 Å². The van der Waals surface area contributed by atoms with Crippen LogP contribution in [0.3, 0.4) is 0 Å². The Morgan fingerprint density at radius 2 is 2.15 bits per heavy atom. The van der Waals surface area contributed by atoms with Gasteiger partial charge in [-0.05, 0) is 44.2 Å². The molecule has 3 rings (SSSR count). The van der Waals surface area contributed by atoms with Crippen LogP contribution in [0.15, 0.2) is 34.7 Å². The lowest BCUT2D eigenvalue weighted by molar-refractivity contribution is 0.0697. The van der Waals surface area contributed by atoms with Gasteiger partial charge in [-0.15, -0.1) is 5.10 Å². The molecule has 3 aromatic rings. The van der Waals surface area contributed by atoms with E-state index >= 15 is 0 Å². The molecule has 0 saturated carbocycles. The van der Waals surface area contributed by atoms with Crippen LogP contribution in [0.5, 0.6) is 0 Å². The van der Waals surface area contributed by atoms with Crippen molar-refractivity contribution in [3.63, 3.8) is 0 Å². The molecule has 2 aromatic heterocycles. The van der Waals surface area contributed by atoms with E-state index in [9.17, 15) is 4.79 Å². The number of carbonyl (C=O) groups is 1. The molecule has 0 aliphatic rings. The highest BCUT2D eigenvalue weighted by Crippen LogP contribution is 2.23. The Morgan fingerprint density at radius 3 is 2.80 bits per heavy atom. The van der Waals surface area contributed by atoms with Gasteiger partial charge in [0.25, 0.3) is 0 Å². The van der Waals surface area contributed by atoms with E-state index in [0.29, 0.717) is 5.52 Å². The molecule has 0 radical (unpaired) electrons. The maximum absolute atomic E-state index is 10.9. The van der Waals surface area contributed by atoms with Crippen molar-refractivity contribution < 1.29 is 14.3 Å². The SMILES string of the molecule is Cc1ccc(C(C)n2nnc3cc(C(=O)O)ccc32)o1. The highest BCUT2D eigenvalue weighted by Gasteiger charge is 2.17. The first-order valence-corrected chi connectivity index (χ1v) is 6.21. The summed E-state index contributed by atoms with van der Waals surface area (Å²) in [5.74, 6) is 0.650. The fourth-order valence-electron chi connectivity index (χ4n) is 2.16. The molecule has 6 nitrogen and oxygen atoms in total. The minimum absolute atomic E-state index is 0.107. The highest BCUT2D eigenvalue weighted by molar-refractivity contribution is 5.92. The maximum Gasteiger partial charge on any atom is 0.335 e. The number of aryl methyl sites for hydroxylation is 1. The Balaban J connectivity index is 2.06. The van der Waals surface area contributed by atoms with Crippen molar-refractivity contribution in [1.29, 1.82) is 0 Å². The van der Waals surface area contributed by atoms with Crippen molar-refractivity contribution in [2.75, 3.05) is 0 Å². The molecule has 1 atom stereocenters. The Bertz CT molecular complexity index is 788. The second kappa shape index (κ2) is 4.48. The van der Waals surface area contributed by atoms with Crippen LogP contribution in [0.25, 0.3) is 11.0 Å². The van der Waals surface area contributed by atoms with Gasteiger partial charge in [-0.25, -0.2) is 9.48 Å². The third kappa shape index (κ3) is 1.95. The van der Waals surface area contributed by atoms with E-state index in [1.165, 1.54) is 6.07 Å². The number of furan rings is 1. The number of aromatic carboxylic acids is 1. The molecule has 0 spiro atoms. The summed E-state index contributed by atoms with van der Waals surface area (Å²) in [6.07, 6.45) is 0. The molecule has 20 heavy (non-hydrogen) atoms. The van der Waals surface area contributed by atoms with Gasteiger partial charge in [0, 0.05) is 0 Å². The summed E-state index contributed by atoms with van der Waals surface area (Å²) < 4.78 is 7.32. The molecule has 1 aromatic carbocycles. The summed E-state index contributed by atoms with van der Waals surface area (Å²) >= 11 is 0. The van der Waals surface area contributed by atoms with Gasteiger partial charge < -0.3 is 9.52 Å². The molecule has 1 N–H and O–H groups in total. The van der Waals surface area contributed by atoms with E-state index < -0.39 is 5.97 Å². The van der Waals surface area contributed by atoms with Crippen molar-refractivity contribution in [3.8, 4) is 0 Å². The van der Waals surface area contributed by atoms with E-state index in [1.807, 2.05) is 26.0 Å². The fraction of sp³-hybridized carbons (Fsp3) is 0.214. The van der Waals surface area contributed by atoms with Crippen molar-refractivity contribution in [2.45, 2.75) is 19.9 Å². The molecule has 0 saturated heterocycles. The minimum atomic E-state index is -0.976. The summed E-state index contributed by atoms with van der Waals surface area (Å²) in [5.41, 5.74) is 1.53. The topological polar surface area (TPSA) is 81.2 Å². The number of rotatable bonds is 3. The first kappa shape index (κ1) is 12.4. The summed E-state index contributed by atoms with van der Waals surface area (Å²) in [6.45, 7) is 3.84. The third-order valence-electron chi connectivity index (χ3n) is 3.26. The fourth-order valence-corrected chi connectivity index (χ4v) is 2.16. The smallest absolute Gasteiger partial charge is 0.335 e. The van der Waals surface area contributed by atoms with Gasteiger partial charge in [-0.1, -0.05) is 5.21 Å². The molecule has 0 amide bonds. The third-order valence-corrected chi connectivity index (χ3v) is 3.26. The van der Waals surface area contributed by atoms with Crippen LogP contribution in [-0.2, 0) is 0 Å². The van der Waals surface area contributed by atoms with E-state index in [-0.39, 0.29) is 11.6 Å². The standard InChI is InChI=1S/C14H13N3O3/c1-8-3-6-13(20-8)9(2)17-12-5-4-10(14(18)19)7-11(12)15-16-17/h3-7,9H,1-2H3,(H,18,19). The Kier molecular flexibility index (Phi) is 2.78. The van der Waals surface area contributed by atoms with Crippen LogP contribution in [-0.4, -0.2) is 26.1 Å². The summed E-state index contributed by atoms with van der Waals surface area (Å²) in [7, 11) is 0. The molecule has 0 fully saturated rings. The largest absolute Gasteiger partial charge is 0.478 e. The minimum Gasteiger partial charge on any atom is -0.478 e. The number of fused-ring (bicyclic) bond motifs is 1. The quantitative estimate of drug-likeness (QED) is 0.792. The van der Waals surface area contributed by atoms with Crippen LogP contribution in [0.2, 0.25) is 0 Å². The Hall–Kier alpha value is -2.63. The number of carboxylic acids is 1. The second-order valence-electron chi connectivity index (χ2n) is 4.67. The Morgan fingerprint density at radius 1 is 1.35 bits per heavy atom. The zero-order chi connectivity index (χ0) is 14.3. The monoisotopic (exact) mass is 271 g/mol. The molecule has 102 valence electrons. The molecular formula is C14H13N3O3. The van der Waals surface area contributed by atoms with Gasteiger partial charge in [0.2, 0.25) is 0 Å². The summed E-state index contributed by atoms with van der Waals surface area (Å²) in [4.78, 5) is 10.9. The van der Waals surface area contributed by atoms with Gasteiger partial charge in [-0.3, -0.25) is 0 Å². The number of aromatic nitrogens is 3. The van der Waals surface area contributed by atoms with Crippen LogP contribution >= 0.6 is 0 Å². The van der Waals surface area contributed by atoms with Crippen LogP contribution in [0.4, 0.5) is 0 Å². The van der Waals surface area contributed by atoms with Crippen molar-refractivity contribution in [2.24, 2.45) is 0 Å². The van der Waals surface area contributed by atoms with Gasteiger partial charge in [0.15, 0.2) is 0 Å². The van der Waals surface area contributed by atoms with Gasteiger partial charge in [0.1, 0.15) is 23.1 Å². The molecule has 0 bridgehead atoms. The summed E-state index contributed by atoms with van der Waals surface area (Å²) in [6, 6.07) is 8.47. The average Bonchev–Trinajstić information content (AvgIpc) is 3.03. The van der Waals surface area contributed by atoms with Gasteiger partial charge >= 0.3 is 5.97 Å². The molecule has 2 heterocycles. The van der Waals surface area contributed by atoms with Crippen LogP contribution < -0.4 is 0 Å². The van der Waals surface area contributed by atoms with E-state index in [0.717, 1.165) is 17.0 Å². The molecule has 1 unspecified atom stereocenters. The first-order chi connectivity index (χ1) is 9.56. The van der Waals surface area contributed by atoms with Crippen molar-refractivity contribution >= 4 is 17.0 Å². The maximum atomic E-state index is 10.9. The Labute approximate surface area is 114 Å². The van der Waals surface area contributed by atoms with E-state index in [2.05, 4.69) is 10.3 Å². The number of carboxylic acid groups (broad SMARTS) is 1. The highest BCUT2D eigenvalue weighted by atomic mass is 16.4. The molecule has 6 heteroatoms. The first-order valence-electron chi connectivity index (χ1n) is 6.21. The van der Waals surface area contributed by atoms with Crippen molar-refractivity contribution in [1.82, 2.24) is 15.0 Å². The average molecular weight is 271 g/mol. The second-order valence-corrected chi connectivity index (χ2v) is 4.67. The lowest BCUT2D eigenvalue weighted by Gasteiger charge is -2.09. The normalized spacial score (nSPS) is 12.7. The predicted molar refractivity (Wildman–Crippen MR) is 71.7 cm³/mol. The lowest BCUT2D eigenvalue weighted by Crippen LogP contribution is -2.07. The zero-order valence-corrected chi connectivity index (χ0v) is 11.1. The van der Waals surface area contributed by atoms with Crippen LogP contribution in [0, 0.1) is 6.92 Å². The summed E-state index contributed by atoms with van der Waals surface area (Å²) in [5, 5.41) is 17.1. The molecule has 0 aliphatic carbocycles. The lowest BCUT2D eigenvalue weighted by atomic mass is 10.2. The predicted octanol–water partition coefficient (Wildman–Crippen LogP) is 2.64.